The fourth-order valence-corrected chi connectivity index (χ4v) is 3.65. The lowest BCUT2D eigenvalue weighted by Gasteiger charge is -2.24. The van der Waals surface area contributed by atoms with Crippen molar-refractivity contribution in [2.75, 3.05) is 18.4 Å². The number of amides is 1. The summed E-state index contributed by atoms with van der Waals surface area (Å²) in [6, 6.07) is 7.93. The molecule has 0 radical (unpaired) electrons. The molecule has 0 atom stereocenters. The van der Waals surface area contributed by atoms with E-state index in [1.165, 1.54) is 0 Å². The summed E-state index contributed by atoms with van der Waals surface area (Å²) in [6.45, 7) is 6.22. The zero-order valence-corrected chi connectivity index (χ0v) is 20.2. The Bertz CT molecular complexity index is 819. The molecule has 3 N–H and O–H groups in total. The van der Waals surface area contributed by atoms with Gasteiger partial charge in [0.25, 0.3) is 0 Å². The molecule has 1 heterocycles. The van der Waals surface area contributed by atoms with Crippen LogP contribution in [0.1, 0.15) is 42.5 Å². The summed E-state index contributed by atoms with van der Waals surface area (Å²) in [7, 11) is 0. The third-order valence-corrected chi connectivity index (χ3v) is 5.60. The van der Waals surface area contributed by atoms with E-state index in [2.05, 4.69) is 38.2 Å². The fraction of sp³-hybridized carbons (Fsp3) is 0.476. The van der Waals surface area contributed by atoms with Gasteiger partial charge in [0.15, 0.2) is 5.96 Å². The molecule has 158 valence electrons. The smallest absolute Gasteiger partial charge is 0.227 e. The number of nitrogens with zero attached hydrogens (tertiary/aromatic N) is 2. The highest BCUT2D eigenvalue weighted by Crippen LogP contribution is 2.27. The number of nitrogens with one attached hydrogen (secondary N) is 3. The van der Waals surface area contributed by atoms with Crippen LogP contribution >= 0.6 is 35.3 Å². The maximum Gasteiger partial charge on any atom is 0.227 e. The van der Waals surface area contributed by atoms with Gasteiger partial charge in [-0.05, 0) is 44.4 Å². The lowest BCUT2D eigenvalue weighted by molar-refractivity contribution is -0.122. The van der Waals surface area contributed by atoms with Crippen molar-refractivity contribution in [1.82, 2.24) is 15.6 Å². The van der Waals surface area contributed by atoms with Crippen LogP contribution in [0.5, 0.6) is 0 Å². The minimum Gasteiger partial charge on any atom is -0.357 e. The molecule has 6 nitrogen and oxygen atoms in total. The number of aliphatic imine (C=N–C) groups is 1. The number of carbonyl (C=O) groups is 1. The molecule has 0 aliphatic heterocycles. The number of aromatic nitrogens is 1. The highest BCUT2D eigenvalue weighted by atomic mass is 127. The molecule has 1 aromatic carbocycles. The van der Waals surface area contributed by atoms with Crippen molar-refractivity contribution in [1.29, 1.82) is 0 Å². The summed E-state index contributed by atoms with van der Waals surface area (Å²) in [6.07, 6.45) is 4.05. The van der Waals surface area contributed by atoms with Gasteiger partial charge >= 0.3 is 0 Å². The first-order valence-electron chi connectivity index (χ1n) is 9.97. The Morgan fingerprint density at radius 3 is 2.79 bits per heavy atom. The van der Waals surface area contributed by atoms with Crippen molar-refractivity contribution in [3.8, 4) is 0 Å². The minimum absolute atomic E-state index is 0. The number of hydrogen-bond donors (Lipinski definition) is 3. The molecular formula is C21H30IN5OS. The highest BCUT2D eigenvalue weighted by Gasteiger charge is 2.25. The number of halogens is 1. The summed E-state index contributed by atoms with van der Waals surface area (Å²) >= 11 is 1.68. The van der Waals surface area contributed by atoms with Crippen LogP contribution in [-0.2, 0) is 17.8 Å². The van der Waals surface area contributed by atoms with Crippen LogP contribution in [0.4, 0.5) is 5.69 Å². The number of hydrogen-bond acceptors (Lipinski definition) is 4. The first kappa shape index (κ1) is 23.6. The maximum absolute atomic E-state index is 12.1. The van der Waals surface area contributed by atoms with Gasteiger partial charge < -0.3 is 16.0 Å². The standard InChI is InChI=1S/C21H29N5OS.HI/c1-3-22-21(23-11-10-19-14-28-15(2)25-19)24-13-16-6-4-9-18(12-16)26-20(27)17-7-5-8-17;/h4,6,9,12,14,17H,3,5,7-8,10-11,13H2,1-2H3,(H,26,27)(H2,22,23,24);1H. The summed E-state index contributed by atoms with van der Waals surface area (Å²) in [5.74, 6) is 1.12. The third-order valence-electron chi connectivity index (χ3n) is 4.77. The van der Waals surface area contributed by atoms with E-state index in [0.717, 1.165) is 66.7 Å². The Kier molecular flexibility index (Phi) is 9.86. The normalized spacial score (nSPS) is 13.9. The van der Waals surface area contributed by atoms with Crippen molar-refractivity contribution in [3.63, 3.8) is 0 Å². The largest absolute Gasteiger partial charge is 0.357 e. The Labute approximate surface area is 194 Å². The van der Waals surface area contributed by atoms with Gasteiger partial charge in [0, 0.05) is 36.5 Å². The number of thiazole rings is 1. The van der Waals surface area contributed by atoms with Crippen LogP contribution in [0, 0.1) is 12.8 Å². The van der Waals surface area contributed by atoms with Gasteiger partial charge in [-0.25, -0.2) is 9.98 Å². The molecule has 1 aromatic heterocycles. The topological polar surface area (TPSA) is 78.4 Å². The van der Waals surface area contributed by atoms with E-state index in [-0.39, 0.29) is 35.8 Å². The zero-order valence-electron chi connectivity index (χ0n) is 17.0. The summed E-state index contributed by atoms with van der Waals surface area (Å²) in [5, 5.41) is 12.9. The molecular weight excluding hydrogens is 497 g/mol. The number of aryl methyl sites for hydroxylation is 1. The monoisotopic (exact) mass is 527 g/mol. The molecule has 0 unspecified atom stereocenters. The van der Waals surface area contributed by atoms with Crippen molar-refractivity contribution in [2.45, 2.75) is 46.1 Å². The maximum atomic E-state index is 12.1. The number of rotatable bonds is 8. The van der Waals surface area contributed by atoms with Crippen LogP contribution in [0.15, 0.2) is 34.6 Å². The quantitative estimate of drug-likeness (QED) is 0.275. The van der Waals surface area contributed by atoms with Gasteiger partial charge in [-0.1, -0.05) is 18.6 Å². The summed E-state index contributed by atoms with van der Waals surface area (Å²) in [5.41, 5.74) is 3.03. The van der Waals surface area contributed by atoms with Gasteiger partial charge in [-0.15, -0.1) is 35.3 Å². The number of guanidine groups is 1. The van der Waals surface area contributed by atoms with Crippen molar-refractivity contribution in [3.05, 3.63) is 45.9 Å². The predicted octanol–water partition coefficient (Wildman–Crippen LogP) is 4.11. The molecule has 0 spiro atoms. The Hall–Kier alpha value is -1.68. The first-order valence-corrected chi connectivity index (χ1v) is 10.8. The number of benzene rings is 1. The molecule has 1 aliphatic carbocycles. The average molecular weight is 527 g/mol. The summed E-state index contributed by atoms with van der Waals surface area (Å²) in [4.78, 5) is 21.3. The van der Waals surface area contributed by atoms with Crippen LogP contribution < -0.4 is 16.0 Å². The van der Waals surface area contributed by atoms with Gasteiger partial charge in [0.2, 0.25) is 5.91 Å². The highest BCUT2D eigenvalue weighted by molar-refractivity contribution is 14.0. The van der Waals surface area contributed by atoms with Crippen LogP contribution in [0.25, 0.3) is 0 Å². The Morgan fingerprint density at radius 2 is 2.14 bits per heavy atom. The van der Waals surface area contributed by atoms with Crippen molar-refractivity contribution >= 4 is 52.9 Å². The average Bonchev–Trinajstić information content (AvgIpc) is 3.03. The zero-order chi connectivity index (χ0) is 19.8. The van der Waals surface area contributed by atoms with E-state index in [1.807, 2.05) is 31.2 Å². The van der Waals surface area contributed by atoms with E-state index < -0.39 is 0 Å². The molecule has 1 aliphatic rings. The number of carbonyl (C=O) groups excluding carboxylic acids is 1. The molecule has 1 amide bonds. The Balaban J connectivity index is 0.00000300. The van der Waals surface area contributed by atoms with E-state index in [0.29, 0.717) is 6.54 Å². The minimum atomic E-state index is 0. The van der Waals surface area contributed by atoms with Crippen molar-refractivity contribution in [2.24, 2.45) is 10.9 Å². The van der Waals surface area contributed by atoms with Crippen LogP contribution in [0.2, 0.25) is 0 Å². The summed E-state index contributed by atoms with van der Waals surface area (Å²) < 4.78 is 0. The predicted molar refractivity (Wildman–Crippen MR) is 131 cm³/mol. The van der Waals surface area contributed by atoms with E-state index in [1.54, 1.807) is 11.3 Å². The molecule has 1 fully saturated rings. The van der Waals surface area contributed by atoms with E-state index in [9.17, 15) is 4.79 Å². The first-order chi connectivity index (χ1) is 13.6. The molecule has 3 rings (SSSR count). The van der Waals surface area contributed by atoms with Gasteiger partial charge in [-0.3, -0.25) is 4.79 Å². The van der Waals surface area contributed by atoms with Gasteiger partial charge in [0.05, 0.1) is 17.2 Å². The molecule has 1 saturated carbocycles. The molecule has 0 bridgehead atoms. The fourth-order valence-electron chi connectivity index (χ4n) is 3.01. The van der Waals surface area contributed by atoms with E-state index >= 15 is 0 Å². The molecule has 8 heteroatoms. The van der Waals surface area contributed by atoms with Crippen LogP contribution in [0.3, 0.4) is 0 Å². The molecule has 2 aromatic rings. The second-order valence-electron chi connectivity index (χ2n) is 7.05. The SMILES string of the molecule is CCNC(=NCc1cccc(NC(=O)C2CCC2)c1)NCCc1csc(C)n1.I. The Morgan fingerprint density at radius 1 is 1.31 bits per heavy atom. The number of anilines is 1. The second kappa shape index (κ2) is 12.1. The lowest BCUT2D eigenvalue weighted by atomic mass is 9.85. The second-order valence-corrected chi connectivity index (χ2v) is 8.11. The van der Waals surface area contributed by atoms with E-state index in [4.69, 9.17) is 0 Å². The molecule has 0 saturated heterocycles. The van der Waals surface area contributed by atoms with Gasteiger partial charge in [0.1, 0.15) is 0 Å². The molecule has 29 heavy (non-hydrogen) atoms. The van der Waals surface area contributed by atoms with Gasteiger partial charge in [-0.2, -0.15) is 0 Å². The van der Waals surface area contributed by atoms with Crippen LogP contribution in [-0.4, -0.2) is 29.9 Å². The lowest BCUT2D eigenvalue weighted by Crippen LogP contribution is -2.38. The third kappa shape index (κ3) is 7.58. The van der Waals surface area contributed by atoms with Crippen molar-refractivity contribution < 1.29 is 4.79 Å².